The molecule has 0 aliphatic rings. The largest absolute Gasteiger partial charge is 0.507 e. The molecule has 0 amide bonds. The number of Topliss-reactive ketones (excluding diaryl/α,β-unsaturated/α-hetero) is 1. The van der Waals surface area contributed by atoms with Crippen molar-refractivity contribution in [3.05, 3.63) is 77.4 Å². The first-order valence-corrected chi connectivity index (χ1v) is 15.5. The molecule has 0 atom stereocenters. The summed E-state index contributed by atoms with van der Waals surface area (Å²) in [4.78, 5) is 11.1. The van der Waals surface area contributed by atoms with Crippen LogP contribution in [0.5, 0.6) is 5.75 Å². The Labute approximate surface area is 227 Å². The van der Waals surface area contributed by atoms with E-state index in [1.165, 1.54) is 37.3 Å². The molecule has 0 aliphatic carbocycles. The average Bonchev–Trinajstić information content (AvgIpc) is 2.85. The molecular formula is C26H18O11S3. The number of rotatable bonds is 6. The zero-order chi connectivity index (χ0) is 29.4. The van der Waals surface area contributed by atoms with Gasteiger partial charge in [0.05, 0.1) is 0 Å². The van der Waals surface area contributed by atoms with Crippen molar-refractivity contribution in [2.75, 3.05) is 0 Å². The fourth-order valence-electron chi connectivity index (χ4n) is 4.85. The molecule has 0 radical (unpaired) electrons. The lowest BCUT2D eigenvalue weighted by molar-refractivity contribution is 0.103. The van der Waals surface area contributed by atoms with E-state index >= 15 is 0 Å². The number of allylic oxidation sites excluding steroid dienone is 1. The first-order chi connectivity index (χ1) is 18.5. The number of hydrogen-bond acceptors (Lipinski definition) is 8. The second kappa shape index (κ2) is 9.05. The van der Waals surface area contributed by atoms with Crippen LogP contribution < -0.4 is 0 Å². The lowest BCUT2D eigenvalue weighted by atomic mass is 9.89. The molecule has 4 N–H and O–H groups in total. The summed E-state index contributed by atoms with van der Waals surface area (Å²) in [7, 11) is -15.1. The lowest BCUT2D eigenvalue weighted by Gasteiger charge is -2.18. The fraction of sp³-hybridized carbons (Fsp3) is 0.0385. The van der Waals surface area contributed by atoms with E-state index < -0.39 is 50.8 Å². The molecule has 0 unspecified atom stereocenters. The van der Waals surface area contributed by atoms with Crippen LogP contribution in [0.4, 0.5) is 0 Å². The Bertz CT molecular complexity index is 2210. The maximum absolute atomic E-state index is 13.6. The van der Waals surface area contributed by atoms with E-state index in [4.69, 9.17) is 0 Å². The minimum Gasteiger partial charge on any atom is -0.507 e. The van der Waals surface area contributed by atoms with Gasteiger partial charge in [-0.15, -0.1) is 0 Å². The Morgan fingerprint density at radius 3 is 1.55 bits per heavy atom. The van der Waals surface area contributed by atoms with Gasteiger partial charge in [0.25, 0.3) is 30.4 Å². The zero-order valence-corrected chi connectivity index (χ0v) is 22.7. The Morgan fingerprint density at radius 2 is 1.07 bits per heavy atom. The number of carbonyl (C=O) groups excluding carboxylic acids is 1. The molecular weight excluding hydrogens is 584 g/mol. The quantitative estimate of drug-likeness (QED) is 0.0933. The maximum atomic E-state index is 13.6. The highest BCUT2D eigenvalue weighted by Gasteiger charge is 2.29. The molecule has 0 fully saturated rings. The molecule has 40 heavy (non-hydrogen) atoms. The van der Waals surface area contributed by atoms with E-state index in [1.54, 1.807) is 12.1 Å². The van der Waals surface area contributed by atoms with Crippen molar-refractivity contribution in [2.45, 2.75) is 21.6 Å². The van der Waals surface area contributed by atoms with Gasteiger partial charge in [-0.25, -0.2) is 0 Å². The Hall–Kier alpha value is -3.92. The van der Waals surface area contributed by atoms with Crippen LogP contribution in [0, 0.1) is 0 Å². The maximum Gasteiger partial charge on any atom is 0.295 e. The molecule has 0 aromatic heterocycles. The van der Waals surface area contributed by atoms with Gasteiger partial charge in [0.1, 0.15) is 20.4 Å². The van der Waals surface area contributed by atoms with Gasteiger partial charge in [0, 0.05) is 32.7 Å². The van der Waals surface area contributed by atoms with Crippen LogP contribution in [0.3, 0.4) is 0 Å². The number of benzene rings is 5. The van der Waals surface area contributed by atoms with Crippen molar-refractivity contribution in [1.82, 2.24) is 0 Å². The number of hydrogen-bond donors (Lipinski definition) is 4. The van der Waals surface area contributed by atoms with Crippen LogP contribution in [0.1, 0.15) is 22.8 Å². The molecule has 14 heteroatoms. The van der Waals surface area contributed by atoms with E-state index in [1.807, 2.05) is 0 Å². The third-order valence-corrected chi connectivity index (χ3v) is 9.21. The van der Waals surface area contributed by atoms with E-state index in [0.717, 1.165) is 18.2 Å². The number of phenols is 1. The molecule has 5 aromatic carbocycles. The van der Waals surface area contributed by atoms with Crippen molar-refractivity contribution in [1.29, 1.82) is 0 Å². The van der Waals surface area contributed by atoms with E-state index in [-0.39, 0.29) is 54.8 Å². The molecule has 0 saturated heterocycles. The van der Waals surface area contributed by atoms with Crippen molar-refractivity contribution in [3.63, 3.8) is 0 Å². The summed E-state index contributed by atoms with van der Waals surface area (Å²) in [5.74, 6) is -0.852. The standard InChI is InChI=1S/C26H18O11S3/c1-13(10-14-4-2-3-5-20(14)27)26(28)19-11-21(38(29,30)31)16-8-9-18-23(40(35,36)37)12-22(39(32,33)34)17-7-6-15(19)24(16)25(17)18/h2-12,27H,1H3,(H,29,30,31)(H,32,33,34)(H,35,36,37)/b13-10+. The van der Waals surface area contributed by atoms with Gasteiger partial charge in [-0.1, -0.05) is 42.5 Å². The highest BCUT2D eigenvalue weighted by Crippen LogP contribution is 2.43. The molecule has 0 spiro atoms. The average molecular weight is 603 g/mol. The minimum absolute atomic E-state index is 0.0510. The van der Waals surface area contributed by atoms with Gasteiger partial charge in [0.2, 0.25) is 0 Å². The number of para-hydroxylation sites is 1. The predicted molar refractivity (Wildman–Crippen MR) is 146 cm³/mol. The Balaban J connectivity index is 1.99. The van der Waals surface area contributed by atoms with Crippen molar-refractivity contribution in [2.24, 2.45) is 0 Å². The third-order valence-electron chi connectivity index (χ3n) is 6.53. The van der Waals surface area contributed by atoms with E-state index in [0.29, 0.717) is 6.07 Å². The van der Waals surface area contributed by atoms with Crippen LogP contribution in [-0.2, 0) is 30.4 Å². The Kier molecular flexibility index (Phi) is 6.26. The van der Waals surface area contributed by atoms with Gasteiger partial charge in [-0.2, -0.15) is 25.3 Å². The molecule has 0 saturated carbocycles. The SMILES string of the molecule is C/C(=C\c1ccccc1O)C(=O)c1cc(S(=O)(=O)O)c2ccc3c(S(=O)(=O)O)cc(S(=O)(=O)O)c4ccc1c2c43. The van der Waals surface area contributed by atoms with Crippen molar-refractivity contribution < 1.29 is 48.8 Å². The topological polar surface area (TPSA) is 200 Å². The highest BCUT2D eigenvalue weighted by molar-refractivity contribution is 7.87. The summed E-state index contributed by atoms with van der Waals surface area (Å²) < 4.78 is 103. The summed E-state index contributed by atoms with van der Waals surface area (Å²) in [6, 6.07) is 12.4. The lowest BCUT2D eigenvalue weighted by Crippen LogP contribution is -2.09. The molecule has 11 nitrogen and oxygen atoms in total. The Morgan fingerprint density at radius 1 is 0.650 bits per heavy atom. The summed E-state index contributed by atoms with van der Waals surface area (Å²) >= 11 is 0. The normalized spacial score (nSPS) is 13.4. The highest BCUT2D eigenvalue weighted by atomic mass is 32.2. The second-order valence-corrected chi connectivity index (χ2v) is 13.2. The van der Waals surface area contributed by atoms with E-state index in [9.17, 15) is 48.8 Å². The summed E-state index contributed by atoms with van der Waals surface area (Å²) in [6.07, 6.45) is 1.36. The van der Waals surface area contributed by atoms with Gasteiger partial charge in [-0.05, 0) is 47.5 Å². The van der Waals surface area contributed by atoms with E-state index in [2.05, 4.69) is 0 Å². The van der Waals surface area contributed by atoms with Crippen LogP contribution in [-0.4, -0.2) is 49.8 Å². The zero-order valence-electron chi connectivity index (χ0n) is 20.2. The number of aromatic hydroxyl groups is 1. The van der Waals surface area contributed by atoms with Gasteiger partial charge in [0.15, 0.2) is 5.78 Å². The monoisotopic (exact) mass is 602 g/mol. The number of ketones is 1. The number of phenolic OH excluding ortho intramolecular Hbond substituents is 1. The third kappa shape index (κ3) is 4.50. The second-order valence-electron chi connectivity index (χ2n) is 9.01. The van der Waals surface area contributed by atoms with Gasteiger partial charge >= 0.3 is 0 Å². The summed E-state index contributed by atoms with van der Waals surface area (Å²) in [6.45, 7) is 1.41. The fourth-order valence-corrected chi connectivity index (χ4v) is 7.07. The van der Waals surface area contributed by atoms with Gasteiger partial charge in [-0.3, -0.25) is 18.5 Å². The van der Waals surface area contributed by atoms with Crippen LogP contribution >= 0.6 is 0 Å². The van der Waals surface area contributed by atoms with Crippen molar-refractivity contribution in [3.8, 4) is 5.75 Å². The van der Waals surface area contributed by atoms with Gasteiger partial charge < -0.3 is 5.11 Å². The first kappa shape index (κ1) is 27.6. The predicted octanol–water partition coefficient (Wildman–Crippen LogP) is 4.32. The van der Waals surface area contributed by atoms with Crippen LogP contribution in [0.25, 0.3) is 38.4 Å². The molecule has 206 valence electrons. The van der Waals surface area contributed by atoms with Crippen molar-refractivity contribution >= 4 is 74.5 Å². The molecule has 0 bridgehead atoms. The molecule has 5 aromatic rings. The number of carbonyl (C=O) groups is 1. The summed E-state index contributed by atoms with van der Waals surface area (Å²) in [5, 5.41) is 9.22. The molecule has 0 aliphatic heterocycles. The smallest absolute Gasteiger partial charge is 0.295 e. The minimum atomic E-state index is -5.07. The molecule has 0 heterocycles. The van der Waals surface area contributed by atoms with Crippen LogP contribution in [0.15, 0.2) is 80.9 Å². The molecule has 5 rings (SSSR count). The summed E-state index contributed by atoms with van der Waals surface area (Å²) in [5.41, 5.74) is 0.0936. The van der Waals surface area contributed by atoms with Crippen LogP contribution in [0.2, 0.25) is 0 Å². The first-order valence-electron chi connectivity index (χ1n) is 11.2.